The zero-order valence-electron chi connectivity index (χ0n) is 11.7. The van der Waals surface area contributed by atoms with Crippen molar-refractivity contribution in [2.24, 2.45) is 0 Å². The van der Waals surface area contributed by atoms with E-state index in [4.69, 9.17) is 0 Å². The fourth-order valence-electron chi connectivity index (χ4n) is 2.81. The molecule has 100 valence electrons. The molecule has 0 spiro atoms. The van der Waals surface area contributed by atoms with Crippen LogP contribution in [-0.4, -0.2) is 18.3 Å². The SMILES string of the molecule is Cc1cc(C)cc(CSCCNC2CCCC2)c1. The number of benzene rings is 1. The average molecular weight is 263 g/mol. The minimum atomic E-state index is 0.812. The van der Waals surface area contributed by atoms with Crippen LogP contribution in [0.5, 0.6) is 0 Å². The number of hydrogen-bond acceptors (Lipinski definition) is 2. The Morgan fingerprint density at radius 2 is 1.78 bits per heavy atom. The van der Waals surface area contributed by atoms with Crippen LogP contribution in [0.1, 0.15) is 42.4 Å². The van der Waals surface area contributed by atoms with Gasteiger partial charge in [0, 0.05) is 24.1 Å². The molecule has 0 aliphatic heterocycles. The van der Waals surface area contributed by atoms with E-state index in [0.29, 0.717) is 0 Å². The van der Waals surface area contributed by atoms with Crippen molar-refractivity contribution >= 4 is 11.8 Å². The van der Waals surface area contributed by atoms with Gasteiger partial charge in [0.1, 0.15) is 0 Å². The molecule has 1 nitrogen and oxygen atoms in total. The summed E-state index contributed by atoms with van der Waals surface area (Å²) >= 11 is 2.04. The Labute approximate surface area is 116 Å². The van der Waals surface area contributed by atoms with Crippen LogP contribution in [-0.2, 0) is 5.75 Å². The molecule has 0 unspecified atom stereocenters. The largest absolute Gasteiger partial charge is 0.313 e. The molecule has 1 saturated carbocycles. The Bertz CT molecular complexity index is 349. The third kappa shape index (κ3) is 4.66. The average Bonchev–Trinajstić information content (AvgIpc) is 2.80. The van der Waals surface area contributed by atoms with Crippen LogP contribution in [0.3, 0.4) is 0 Å². The molecule has 1 N–H and O–H groups in total. The first kappa shape index (κ1) is 14.0. The lowest BCUT2D eigenvalue weighted by Crippen LogP contribution is -2.28. The number of aryl methyl sites for hydroxylation is 2. The molecule has 0 radical (unpaired) electrons. The van der Waals surface area contributed by atoms with Gasteiger partial charge in [0.15, 0.2) is 0 Å². The van der Waals surface area contributed by atoms with Crippen molar-refractivity contribution in [3.8, 4) is 0 Å². The summed E-state index contributed by atoms with van der Waals surface area (Å²) in [6.45, 7) is 5.53. The molecule has 1 fully saturated rings. The van der Waals surface area contributed by atoms with Gasteiger partial charge < -0.3 is 5.32 Å². The third-order valence-corrected chi connectivity index (χ3v) is 4.62. The predicted molar refractivity (Wildman–Crippen MR) is 82.3 cm³/mol. The van der Waals surface area contributed by atoms with E-state index in [9.17, 15) is 0 Å². The molecule has 2 rings (SSSR count). The van der Waals surface area contributed by atoms with E-state index in [0.717, 1.165) is 11.8 Å². The first-order valence-corrected chi connectivity index (χ1v) is 8.28. The maximum absolute atomic E-state index is 3.67. The Balaban J connectivity index is 1.62. The fourth-order valence-corrected chi connectivity index (χ4v) is 3.62. The van der Waals surface area contributed by atoms with E-state index in [1.807, 2.05) is 11.8 Å². The molecular weight excluding hydrogens is 238 g/mol. The Hall–Kier alpha value is -0.470. The first-order valence-electron chi connectivity index (χ1n) is 7.12. The van der Waals surface area contributed by atoms with Crippen LogP contribution < -0.4 is 5.32 Å². The lowest BCUT2D eigenvalue weighted by molar-refractivity contribution is 0.545. The maximum atomic E-state index is 3.67. The first-order chi connectivity index (χ1) is 8.74. The van der Waals surface area contributed by atoms with Gasteiger partial charge in [-0.3, -0.25) is 0 Å². The summed E-state index contributed by atoms with van der Waals surface area (Å²) in [5, 5.41) is 3.67. The summed E-state index contributed by atoms with van der Waals surface area (Å²) in [6, 6.07) is 7.68. The van der Waals surface area contributed by atoms with Crippen LogP contribution >= 0.6 is 11.8 Å². The second-order valence-electron chi connectivity index (χ2n) is 5.48. The van der Waals surface area contributed by atoms with Gasteiger partial charge in [-0.25, -0.2) is 0 Å². The predicted octanol–water partition coefficient (Wildman–Crippen LogP) is 4.07. The van der Waals surface area contributed by atoms with E-state index in [2.05, 4.69) is 37.4 Å². The van der Waals surface area contributed by atoms with Crippen LogP contribution in [0.2, 0.25) is 0 Å². The van der Waals surface area contributed by atoms with Crippen molar-refractivity contribution in [1.82, 2.24) is 5.32 Å². The van der Waals surface area contributed by atoms with Gasteiger partial charge in [-0.05, 0) is 32.3 Å². The molecule has 1 aliphatic rings. The van der Waals surface area contributed by atoms with Crippen LogP contribution in [0.15, 0.2) is 18.2 Å². The zero-order chi connectivity index (χ0) is 12.8. The molecular formula is C16H25NS. The van der Waals surface area contributed by atoms with Gasteiger partial charge in [0.2, 0.25) is 0 Å². The van der Waals surface area contributed by atoms with Crippen molar-refractivity contribution in [3.05, 3.63) is 34.9 Å². The number of thioether (sulfide) groups is 1. The third-order valence-electron chi connectivity index (χ3n) is 3.58. The summed E-state index contributed by atoms with van der Waals surface area (Å²) in [4.78, 5) is 0. The number of rotatable bonds is 6. The summed E-state index contributed by atoms with van der Waals surface area (Å²) in [6.07, 6.45) is 5.63. The highest BCUT2D eigenvalue weighted by atomic mass is 32.2. The van der Waals surface area contributed by atoms with E-state index in [1.54, 1.807) is 0 Å². The Morgan fingerprint density at radius 3 is 2.44 bits per heavy atom. The van der Waals surface area contributed by atoms with Gasteiger partial charge in [0.25, 0.3) is 0 Å². The van der Waals surface area contributed by atoms with E-state index >= 15 is 0 Å². The molecule has 0 atom stereocenters. The lowest BCUT2D eigenvalue weighted by Gasteiger charge is -2.11. The van der Waals surface area contributed by atoms with Crippen molar-refractivity contribution < 1.29 is 0 Å². The molecule has 0 amide bonds. The minimum Gasteiger partial charge on any atom is -0.313 e. The summed E-state index contributed by atoms with van der Waals surface area (Å²) in [7, 11) is 0. The quantitative estimate of drug-likeness (QED) is 0.777. The lowest BCUT2D eigenvalue weighted by atomic mass is 10.1. The van der Waals surface area contributed by atoms with Crippen molar-refractivity contribution in [1.29, 1.82) is 0 Å². The monoisotopic (exact) mass is 263 g/mol. The van der Waals surface area contributed by atoms with Crippen molar-refractivity contribution in [2.75, 3.05) is 12.3 Å². The molecule has 0 aromatic heterocycles. The molecule has 2 heteroatoms. The highest BCUT2D eigenvalue weighted by Gasteiger charge is 2.13. The Kier molecular flexibility index (Phi) is 5.58. The second kappa shape index (κ2) is 7.20. The van der Waals surface area contributed by atoms with Crippen LogP contribution in [0, 0.1) is 13.8 Å². The van der Waals surface area contributed by atoms with Gasteiger partial charge in [-0.15, -0.1) is 0 Å². The van der Waals surface area contributed by atoms with Crippen molar-refractivity contribution in [2.45, 2.75) is 51.3 Å². The summed E-state index contributed by atoms with van der Waals surface area (Å²) < 4.78 is 0. The molecule has 18 heavy (non-hydrogen) atoms. The van der Waals surface area contributed by atoms with Gasteiger partial charge in [-0.1, -0.05) is 42.2 Å². The second-order valence-corrected chi connectivity index (χ2v) is 6.59. The highest BCUT2D eigenvalue weighted by Crippen LogP contribution is 2.18. The van der Waals surface area contributed by atoms with Crippen LogP contribution in [0.4, 0.5) is 0 Å². The van der Waals surface area contributed by atoms with E-state index in [-0.39, 0.29) is 0 Å². The zero-order valence-corrected chi connectivity index (χ0v) is 12.5. The molecule has 0 saturated heterocycles. The number of hydrogen-bond donors (Lipinski definition) is 1. The van der Waals surface area contributed by atoms with Gasteiger partial charge >= 0.3 is 0 Å². The molecule has 1 aromatic rings. The van der Waals surface area contributed by atoms with Crippen LogP contribution in [0.25, 0.3) is 0 Å². The normalized spacial score (nSPS) is 16.3. The smallest absolute Gasteiger partial charge is 0.0185 e. The van der Waals surface area contributed by atoms with Gasteiger partial charge in [0.05, 0.1) is 0 Å². The fraction of sp³-hybridized carbons (Fsp3) is 0.625. The van der Waals surface area contributed by atoms with E-state index in [1.165, 1.54) is 54.7 Å². The molecule has 0 bridgehead atoms. The summed E-state index contributed by atoms with van der Waals surface area (Å²) in [5.41, 5.74) is 4.24. The maximum Gasteiger partial charge on any atom is 0.0185 e. The molecule has 0 heterocycles. The minimum absolute atomic E-state index is 0.812. The van der Waals surface area contributed by atoms with Crippen molar-refractivity contribution in [3.63, 3.8) is 0 Å². The molecule has 1 aromatic carbocycles. The topological polar surface area (TPSA) is 12.0 Å². The standard InChI is InChI=1S/C16H25NS/c1-13-9-14(2)11-15(10-13)12-18-8-7-17-16-5-3-4-6-16/h9-11,16-17H,3-8,12H2,1-2H3. The number of nitrogens with one attached hydrogen (secondary N) is 1. The van der Waals surface area contributed by atoms with Gasteiger partial charge in [-0.2, -0.15) is 11.8 Å². The van der Waals surface area contributed by atoms with E-state index < -0.39 is 0 Å². The molecule has 1 aliphatic carbocycles. The highest BCUT2D eigenvalue weighted by molar-refractivity contribution is 7.98. The summed E-state index contributed by atoms with van der Waals surface area (Å²) in [5.74, 6) is 2.37. The Morgan fingerprint density at radius 1 is 1.11 bits per heavy atom.